The van der Waals surface area contributed by atoms with E-state index in [1.807, 2.05) is 23.5 Å². The van der Waals surface area contributed by atoms with Gasteiger partial charge in [0, 0.05) is 52.5 Å². The molecule has 0 aliphatic carbocycles. The largest absolute Gasteiger partial charge is 0.309 e. The van der Waals surface area contributed by atoms with Crippen LogP contribution in [0.15, 0.2) is 250 Å². The Kier molecular flexibility index (Phi) is 8.26. The molecule has 15 rings (SSSR count). The minimum Gasteiger partial charge on any atom is -0.309 e. The summed E-state index contributed by atoms with van der Waals surface area (Å²) in [5.74, 6) is 0. The van der Waals surface area contributed by atoms with Crippen LogP contribution in [0.4, 0.5) is 0 Å². The molecule has 2 aromatic heterocycles. The molecule has 2 nitrogen and oxygen atoms in total. The lowest BCUT2D eigenvalue weighted by Gasteiger charge is -2.21. The van der Waals surface area contributed by atoms with Gasteiger partial charge in [-0.15, -0.1) is 0 Å². The molecule has 1 aliphatic rings. The predicted octanol–water partition coefficient (Wildman–Crippen LogP) is 18.4. The zero-order valence-electron chi connectivity index (χ0n) is 36.7. The SMILES string of the molecule is c1cc(-c2cc3ccccc3c3ccccc23)cc(-n2c3ccccc3c3c4c(ccc32)Sc2c(ccc3c2c2ccccc2n3-c2cccc(-c3cc5ccccc5c5ccccc35)c2)S4)c1. The van der Waals surface area contributed by atoms with Gasteiger partial charge in [0.1, 0.15) is 0 Å². The van der Waals surface area contributed by atoms with E-state index in [1.165, 1.54) is 129 Å². The molecule has 3 heterocycles. The van der Waals surface area contributed by atoms with Crippen molar-refractivity contribution in [1.29, 1.82) is 0 Å². The summed E-state index contributed by atoms with van der Waals surface area (Å²) >= 11 is 3.85. The van der Waals surface area contributed by atoms with Crippen LogP contribution in [-0.4, -0.2) is 9.13 Å². The summed E-state index contributed by atoms with van der Waals surface area (Å²) in [5, 5.41) is 15.4. The molecule has 0 bridgehead atoms. The maximum Gasteiger partial charge on any atom is 0.0553 e. The van der Waals surface area contributed by atoms with Gasteiger partial charge in [-0.05, 0) is 138 Å². The molecule has 316 valence electrons. The fourth-order valence-corrected chi connectivity index (χ4v) is 13.9. The average molecular weight is 899 g/mol. The highest BCUT2D eigenvalue weighted by atomic mass is 32.2. The molecule has 12 aromatic carbocycles. The van der Waals surface area contributed by atoms with Crippen molar-refractivity contribution in [3.63, 3.8) is 0 Å². The highest BCUT2D eigenvalue weighted by Gasteiger charge is 2.27. The van der Waals surface area contributed by atoms with Gasteiger partial charge < -0.3 is 9.13 Å². The molecule has 0 radical (unpaired) electrons. The van der Waals surface area contributed by atoms with Crippen molar-refractivity contribution >= 4 is 110 Å². The summed E-state index contributed by atoms with van der Waals surface area (Å²) in [7, 11) is 0. The number of nitrogens with zero attached hydrogens (tertiary/aromatic N) is 2. The van der Waals surface area contributed by atoms with Crippen molar-refractivity contribution in [2.45, 2.75) is 19.6 Å². The molecule has 0 fully saturated rings. The molecule has 0 unspecified atom stereocenters. The van der Waals surface area contributed by atoms with Gasteiger partial charge in [0.05, 0.1) is 22.1 Å². The Balaban J connectivity index is 0.871. The van der Waals surface area contributed by atoms with E-state index in [2.05, 4.69) is 240 Å². The zero-order chi connectivity index (χ0) is 44.5. The second-order valence-electron chi connectivity index (χ2n) is 18.0. The van der Waals surface area contributed by atoms with Crippen molar-refractivity contribution < 1.29 is 0 Å². The van der Waals surface area contributed by atoms with Crippen LogP contribution in [0.3, 0.4) is 0 Å². The van der Waals surface area contributed by atoms with Crippen LogP contribution in [0.2, 0.25) is 0 Å². The highest BCUT2D eigenvalue weighted by molar-refractivity contribution is 8.05. The standard InChI is InChI=1S/C64H38N2S2/c1-3-21-45-41(15-1)37-53(49-25-7-5-23-47(45)49)39-17-13-19-43(35-39)65-55-29-11-9-27-51(55)61-57(65)31-33-59-63(61)67-60-34-32-58-62(64(60)68-59)52-28-10-12-30-56(52)66(58)44-20-14-18-40(36-44)54-38-42-16-2-4-22-46(42)48-24-6-8-26-50(48)54/h1-38H. The maximum absolute atomic E-state index is 2.48. The molecule has 0 N–H and O–H groups in total. The third kappa shape index (κ3) is 5.56. The second-order valence-corrected chi connectivity index (χ2v) is 20.1. The number of benzene rings is 12. The number of hydrogen-bond acceptors (Lipinski definition) is 2. The van der Waals surface area contributed by atoms with E-state index in [9.17, 15) is 0 Å². The normalized spacial score (nSPS) is 12.6. The van der Waals surface area contributed by atoms with E-state index in [0.29, 0.717) is 0 Å². The Labute approximate surface area is 400 Å². The summed E-state index contributed by atoms with van der Waals surface area (Å²) in [4.78, 5) is 5.24. The third-order valence-corrected chi connectivity index (χ3v) is 16.9. The summed E-state index contributed by atoms with van der Waals surface area (Å²) in [5.41, 5.74) is 12.1. The van der Waals surface area contributed by atoms with E-state index in [1.54, 1.807) is 0 Å². The van der Waals surface area contributed by atoms with Gasteiger partial charge >= 0.3 is 0 Å². The van der Waals surface area contributed by atoms with Crippen LogP contribution in [0.25, 0.3) is 120 Å². The van der Waals surface area contributed by atoms with E-state index < -0.39 is 0 Å². The first-order valence-electron chi connectivity index (χ1n) is 23.2. The number of para-hydroxylation sites is 2. The Morgan fingerprint density at radius 3 is 1.10 bits per heavy atom. The van der Waals surface area contributed by atoms with E-state index in [0.717, 1.165) is 11.4 Å². The first kappa shape index (κ1) is 38.1. The van der Waals surface area contributed by atoms with Crippen LogP contribution in [0.1, 0.15) is 0 Å². The topological polar surface area (TPSA) is 9.86 Å². The third-order valence-electron chi connectivity index (χ3n) is 14.3. The fourth-order valence-electron chi connectivity index (χ4n) is 11.4. The maximum atomic E-state index is 2.48. The zero-order valence-corrected chi connectivity index (χ0v) is 38.3. The van der Waals surface area contributed by atoms with Gasteiger partial charge in [0.25, 0.3) is 0 Å². The Bertz CT molecular complexity index is 4170. The van der Waals surface area contributed by atoms with Gasteiger partial charge in [-0.2, -0.15) is 0 Å². The fraction of sp³-hybridized carbons (Fsp3) is 0. The molecular formula is C64H38N2S2. The van der Waals surface area contributed by atoms with Crippen LogP contribution >= 0.6 is 23.5 Å². The van der Waals surface area contributed by atoms with Crippen LogP contribution in [0.5, 0.6) is 0 Å². The van der Waals surface area contributed by atoms with Crippen molar-refractivity contribution in [2.75, 3.05) is 0 Å². The van der Waals surface area contributed by atoms with Crippen LogP contribution < -0.4 is 0 Å². The summed E-state index contributed by atoms with van der Waals surface area (Å²) < 4.78 is 4.95. The number of fused-ring (bicyclic) bond motifs is 16. The molecule has 0 atom stereocenters. The number of rotatable bonds is 4. The van der Waals surface area contributed by atoms with Crippen LogP contribution in [-0.2, 0) is 0 Å². The monoisotopic (exact) mass is 898 g/mol. The van der Waals surface area contributed by atoms with Crippen molar-refractivity contribution in [3.8, 4) is 33.6 Å². The molecule has 1 aliphatic heterocycles. The van der Waals surface area contributed by atoms with E-state index >= 15 is 0 Å². The van der Waals surface area contributed by atoms with Crippen molar-refractivity contribution in [2.24, 2.45) is 0 Å². The minimum atomic E-state index is 1.16. The lowest BCUT2D eigenvalue weighted by molar-refractivity contribution is 1.15. The smallest absolute Gasteiger partial charge is 0.0553 e. The van der Waals surface area contributed by atoms with E-state index in [4.69, 9.17) is 0 Å². The molecular weight excluding hydrogens is 861 g/mol. The molecule has 0 spiro atoms. The van der Waals surface area contributed by atoms with Crippen LogP contribution in [0, 0.1) is 0 Å². The molecule has 0 saturated carbocycles. The first-order chi connectivity index (χ1) is 33.7. The Hall–Kier alpha value is -8.02. The summed E-state index contributed by atoms with van der Waals surface area (Å²) in [6, 6.07) is 85.5. The molecule has 4 heteroatoms. The summed E-state index contributed by atoms with van der Waals surface area (Å²) in [6.45, 7) is 0. The van der Waals surface area contributed by atoms with Crippen molar-refractivity contribution in [1.82, 2.24) is 9.13 Å². The van der Waals surface area contributed by atoms with Crippen molar-refractivity contribution in [3.05, 3.63) is 231 Å². The summed E-state index contributed by atoms with van der Waals surface area (Å²) in [6.07, 6.45) is 0. The molecule has 68 heavy (non-hydrogen) atoms. The average Bonchev–Trinajstić information content (AvgIpc) is 3.94. The number of aromatic nitrogens is 2. The van der Waals surface area contributed by atoms with Gasteiger partial charge in [-0.3, -0.25) is 0 Å². The van der Waals surface area contributed by atoms with Gasteiger partial charge in [-0.25, -0.2) is 0 Å². The highest BCUT2D eigenvalue weighted by Crippen LogP contribution is 2.56. The Morgan fingerprint density at radius 2 is 0.647 bits per heavy atom. The molecule has 0 amide bonds. The van der Waals surface area contributed by atoms with Gasteiger partial charge in [-0.1, -0.05) is 181 Å². The minimum absolute atomic E-state index is 1.16. The van der Waals surface area contributed by atoms with E-state index in [-0.39, 0.29) is 0 Å². The van der Waals surface area contributed by atoms with Gasteiger partial charge in [0.2, 0.25) is 0 Å². The lowest BCUT2D eigenvalue weighted by Crippen LogP contribution is -1.97. The predicted molar refractivity (Wildman–Crippen MR) is 291 cm³/mol. The first-order valence-corrected chi connectivity index (χ1v) is 24.9. The Morgan fingerprint density at radius 1 is 0.265 bits per heavy atom. The lowest BCUT2D eigenvalue weighted by atomic mass is 9.93. The molecule has 14 aromatic rings. The van der Waals surface area contributed by atoms with Gasteiger partial charge in [0.15, 0.2) is 0 Å². The number of hydrogen-bond donors (Lipinski definition) is 0. The quantitative estimate of drug-likeness (QED) is 0.163. The second kappa shape index (κ2) is 14.7. The molecule has 0 saturated heterocycles.